The van der Waals surface area contributed by atoms with Gasteiger partial charge in [-0.3, -0.25) is 4.79 Å². The molecular formula is C13H11N3O3. The van der Waals surface area contributed by atoms with E-state index in [1.54, 1.807) is 30.3 Å². The average Bonchev–Trinajstić information content (AvgIpc) is 2.96. The fourth-order valence-electron chi connectivity index (χ4n) is 1.34. The highest BCUT2D eigenvalue weighted by atomic mass is 16.5. The molecule has 1 N–H and O–H groups in total. The molecule has 6 nitrogen and oxygen atoms in total. The van der Waals surface area contributed by atoms with Crippen LogP contribution in [-0.2, 0) is 11.3 Å². The van der Waals surface area contributed by atoms with Crippen molar-refractivity contribution in [3.8, 4) is 11.8 Å². The Bertz CT molecular complexity index is 570. The molecule has 0 saturated carbocycles. The van der Waals surface area contributed by atoms with Crippen LogP contribution < -0.4 is 10.1 Å². The quantitative estimate of drug-likeness (QED) is 0.870. The van der Waals surface area contributed by atoms with Gasteiger partial charge in [0.05, 0.1) is 18.2 Å². The van der Waals surface area contributed by atoms with E-state index in [2.05, 4.69) is 15.0 Å². The van der Waals surface area contributed by atoms with E-state index in [4.69, 9.17) is 10.00 Å². The van der Waals surface area contributed by atoms with Gasteiger partial charge in [-0.05, 0) is 24.3 Å². The van der Waals surface area contributed by atoms with Gasteiger partial charge in [0.1, 0.15) is 17.7 Å². The Morgan fingerprint density at radius 2 is 2.16 bits per heavy atom. The number of nitrogens with one attached hydrogen (secondary N) is 1. The lowest BCUT2D eigenvalue weighted by atomic mass is 10.2. The molecule has 6 heteroatoms. The normalized spacial score (nSPS) is 9.63. The minimum atomic E-state index is -0.257. The van der Waals surface area contributed by atoms with Gasteiger partial charge in [0.25, 0.3) is 5.91 Å². The second-order valence-electron chi connectivity index (χ2n) is 3.69. The number of nitriles is 1. The number of carbonyl (C=O) groups is 1. The van der Waals surface area contributed by atoms with Crippen LogP contribution in [0.3, 0.4) is 0 Å². The van der Waals surface area contributed by atoms with Crippen LogP contribution in [0.1, 0.15) is 11.3 Å². The Morgan fingerprint density at radius 1 is 1.37 bits per heavy atom. The van der Waals surface area contributed by atoms with Gasteiger partial charge in [0, 0.05) is 6.07 Å². The number of rotatable bonds is 5. The first-order valence-electron chi connectivity index (χ1n) is 5.57. The Kier molecular flexibility index (Phi) is 4.13. The Morgan fingerprint density at radius 3 is 2.79 bits per heavy atom. The van der Waals surface area contributed by atoms with Crippen LogP contribution in [0.15, 0.2) is 41.1 Å². The molecule has 0 bridgehead atoms. The van der Waals surface area contributed by atoms with Crippen molar-refractivity contribution in [3.05, 3.63) is 47.9 Å². The fourth-order valence-corrected chi connectivity index (χ4v) is 1.34. The van der Waals surface area contributed by atoms with Crippen molar-refractivity contribution in [3.63, 3.8) is 0 Å². The van der Waals surface area contributed by atoms with E-state index in [9.17, 15) is 4.79 Å². The topological polar surface area (TPSA) is 88.1 Å². The van der Waals surface area contributed by atoms with E-state index in [1.807, 2.05) is 6.07 Å². The second kappa shape index (κ2) is 6.21. The summed E-state index contributed by atoms with van der Waals surface area (Å²) in [6.07, 6.45) is 1.44. The van der Waals surface area contributed by atoms with Crippen molar-refractivity contribution in [1.29, 1.82) is 5.26 Å². The minimum Gasteiger partial charge on any atom is -0.484 e. The zero-order chi connectivity index (χ0) is 13.5. The average molecular weight is 257 g/mol. The summed E-state index contributed by atoms with van der Waals surface area (Å²) in [6, 6.07) is 10.2. The molecule has 1 aromatic heterocycles. The molecule has 1 aromatic carbocycles. The molecule has 0 spiro atoms. The fraction of sp³-hybridized carbons (Fsp3) is 0.154. The lowest BCUT2D eigenvalue weighted by Gasteiger charge is -2.06. The third kappa shape index (κ3) is 3.85. The summed E-state index contributed by atoms with van der Waals surface area (Å²) in [6.45, 7) is 0.204. The third-order valence-corrected chi connectivity index (χ3v) is 2.31. The molecule has 0 fully saturated rings. The lowest BCUT2D eigenvalue weighted by molar-refractivity contribution is -0.123. The van der Waals surface area contributed by atoms with E-state index >= 15 is 0 Å². The summed E-state index contributed by atoms with van der Waals surface area (Å²) in [5.41, 5.74) is 1.19. The van der Waals surface area contributed by atoms with Crippen LogP contribution in [0.2, 0.25) is 0 Å². The number of ether oxygens (including phenoxy) is 1. The predicted molar refractivity (Wildman–Crippen MR) is 65.0 cm³/mol. The first-order chi connectivity index (χ1) is 9.28. The highest BCUT2D eigenvalue weighted by molar-refractivity contribution is 5.77. The van der Waals surface area contributed by atoms with Crippen LogP contribution in [-0.4, -0.2) is 17.7 Å². The summed E-state index contributed by atoms with van der Waals surface area (Å²) in [5, 5.41) is 14.9. The number of hydrogen-bond donors (Lipinski definition) is 1. The standard InChI is InChI=1S/C13H11N3O3/c14-7-10-1-3-12(4-2-10)18-9-13(17)15-8-11-5-6-19-16-11/h1-6H,8-9H2,(H,15,17). The SMILES string of the molecule is N#Cc1ccc(OCC(=O)NCc2ccon2)cc1. The molecule has 0 aliphatic rings. The number of benzene rings is 1. The summed E-state index contributed by atoms with van der Waals surface area (Å²) >= 11 is 0. The molecule has 0 aliphatic carbocycles. The van der Waals surface area contributed by atoms with Gasteiger partial charge < -0.3 is 14.6 Å². The van der Waals surface area contributed by atoms with Gasteiger partial charge in [-0.25, -0.2) is 0 Å². The van der Waals surface area contributed by atoms with Crippen molar-refractivity contribution in [1.82, 2.24) is 10.5 Å². The summed E-state index contributed by atoms with van der Waals surface area (Å²) in [5.74, 6) is 0.281. The van der Waals surface area contributed by atoms with Gasteiger partial charge in [-0.15, -0.1) is 0 Å². The number of nitrogens with zero attached hydrogens (tertiary/aromatic N) is 2. The van der Waals surface area contributed by atoms with Crippen molar-refractivity contribution in [2.45, 2.75) is 6.54 Å². The zero-order valence-corrected chi connectivity index (χ0v) is 10.00. The number of hydrogen-bond acceptors (Lipinski definition) is 5. The number of amides is 1. The first-order valence-corrected chi connectivity index (χ1v) is 5.57. The smallest absolute Gasteiger partial charge is 0.258 e. The monoisotopic (exact) mass is 257 g/mol. The van der Waals surface area contributed by atoms with Crippen molar-refractivity contribution < 1.29 is 14.1 Å². The van der Waals surface area contributed by atoms with Crippen LogP contribution in [0.4, 0.5) is 0 Å². The van der Waals surface area contributed by atoms with Crippen LogP contribution in [0.25, 0.3) is 0 Å². The lowest BCUT2D eigenvalue weighted by Crippen LogP contribution is -2.28. The van der Waals surface area contributed by atoms with Crippen molar-refractivity contribution >= 4 is 5.91 Å². The largest absolute Gasteiger partial charge is 0.484 e. The highest BCUT2D eigenvalue weighted by Crippen LogP contribution is 2.11. The van der Waals surface area contributed by atoms with Gasteiger partial charge in [0.2, 0.25) is 0 Å². The Balaban J connectivity index is 1.75. The van der Waals surface area contributed by atoms with E-state index in [-0.39, 0.29) is 12.5 Å². The third-order valence-electron chi connectivity index (χ3n) is 2.31. The van der Waals surface area contributed by atoms with Crippen LogP contribution in [0.5, 0.6) is 5.75 Å². The number of aromatic nitrogens is 1. The maximum absolute atomic E-state index is 11.5. The molecule has 2 rings (SSSR count). The van der Waals surface area contributed by atoms with E-state index in [0.29, 0.717) is 23.6 Å². The van der Waals surface area contributed by atoms with E-state index < -0.39 is 0 Å². The summed E-state index contributed by atoms with van der Waals surface area (Å²) in [7, 11) is 0. The molecule has 96 valence electrons. The molecule has 0 atom stereocenters. The van der Waals surface area contributed by atoms with Crippen LogP contribution >= 0.6 is 0 Å². The Hall–Kier alpha value is -2.81. The molecule has 0 saturated heterocycles. The van der Waals surface area contributed by atoms with E-state index in [0.717, 1.165) is 0 Å². The molecule has 0 unspecified atom stereocenters. The van der Waals surface area contributed by atoms with E-state index in [1.165, 1.54) is 6.26 Å². The van der Waals surface area contributed by atoms with Gasteiger partial charge in [-0.2, -0.15) is 5.26 Å². The highest BCUT2D eigenvalue weighted by Gasteiger charge is 2.04. The molecule has 1 amide bonds. The Labute approximate surface area is 109 Å². The minimum absolute atomic E-state index is 0.0935. The van der Waals surface area contributed by atoms with Crippen molar-refractivity contribution in [2.24, 2.45) is 0 Å². The first kappa shape index (κ1) is 12.6. The molecular weight excluding hydrogens is 246 g/mol. The van der Waals surface area contributed by atoms with Crippen molar-refractivity contribution in [2.75, 3.05) is 6.61 Å². The molecule has 0 radical (unpaired) electrons. The molecule has 19 heavy (non-hydrogen) atoms. The number of carbonyl (C=O) groups excluding carboxylic acids is 1. The summed E-state index contributed by atoms with van der Waals surface area (Å²) < 4.78 is 9.91. The molecule has 2 aromatic rings. The maximum atomic E-state index is 11.5. The molecule has 1 heterocycles. The zero-order valence-electron chi connectivity index (χ0n) is 10.00. The molecule has 0 aliphatic heterocycles. The predicted octanol–water partition coefficient (Wildman–Crippen LogP) is 1.24. The van der Waals surface area contributed by atoms with Gasteiger partial charge >= 0.3 is 0 Å². The van der Waals surface area contributed by atoms with Gasteiger partial charge in [-0.1, -0.05) is 5.16 Å². The maximum Gasteiger partial charge on any atom is 0.258 e. The van der Waals surface area contributed by atoms with Gasteiger partial charge in [0.15, 0.2) is 6.61 Å². The second-order valence-corrected chi connectivity index (χ2v) is 3.69. The summed E-state index contributed by atoms with van der Waals surface area (Å²) in [4.78, 5) is 11.5. The van der Waals surface area contributed by atoms with Crippen LogP contribution in [0, 0.1) is 11.3 Å².